The van der Waals surface area contributed by atoms with Crippen LogP contribution in [0.1, 0.15) is 19.4 Å². The number of aliphatic hydroxyl groups excluding tert-OH is 1. The van der Waals surface area contributed by atoms with Crippen LogP contribution in [0, 0.1) is 0 Å². The van der Waals surface area contributed by atoms with Crippen LogP contribution in [0.4, 0.5) is 0 Å². The number of rotatable bonds is 8. The summed E-state index contributed by atoms with van der Waals surface area (Å²) in [5.74, 6) is -2.72. The first-order chi connectivity index (χ1) is 11.6. The summed E-state index contributed by atoms with van der Waals surface area (Å²) in [6.07, 6.45) is -1.28. The molecule has 9 heteroatoms. The molecule has 2 amide bonds. The molecule has 1 aromatic rings. The van der Waals surface area contributed by atoms with Gasteiger partial charge in [0.2, 0.25) is 11.8 Å². The van der Waals surface area contributed by atoms with Gasteiger partial charge in [-0.3, -0.25) is 9.59 Å². The lowest BCUT2D eigenvalue weighted by Crippen LogP contribution is -2.58. The number of aromatic hydroxyl groups is 1. The van der Waals surface area contributed by atoms with Gasteiger partial charge in [0.1, 0.15) is 17.8 Å². The van der Waals surface area contributed by atoms with Gasteiger partial charge in [-0.25, -0.2) is 4.79 Å². The number of aliphatic carboxylic acids is 1. The number of hydrogen-bond donors (Lipinski definition) is 6. The van der Waals surface area contributed by atoms with E-state index >= 15 is 0 Å². The van der Waals surface area contributed by atoms with Crippen LogP contribution in [-0.4, -0.2) is 57.3 Å². The maximum atomic E-state index is 12.3. The Bertz CT molecular complexity index is 615. The highest BCUT2D eigenvalue weighted by Crippen LogP contribution is 2.11. The lowest BCUT2D eigenvalue weighted by atomic mass is 10.0. The molecule has 138 valence electrons. The third-order valence-electron chi connectivity index (χ3n) is 3.47. The van der Waals surface area contributed by atoms with Crippen molar-refractivity contribution in [3.8, 4) is 5.75 Å². The zero-order valence-electron chi connectivity index (χ0n) is 14.0. The van der Waals surface area contributed by atoms with Crippen molar-refractivity contribution >= 4 is 17.8 Å². The van der Waals surface area contributed by atoms with Crippen molar-refractivity contribution in [1.82, 2.24) is 10.6 Å². The van der Waals surface area contributed by atoms with Gasteiger partial charge in [0.15, 0.2) is 0 Å². The van der Waals surface area contributed by atoms with Gasteiger partial charge >= 0.3 is 5.97 Å². The van der Waals surface area contributed by atoms with Crippen LogP contribution in [-0.2, 0) is 20.8 Å². The number of carboxylic acid groups (broad SMARTS) is 1. The van der Waals surface area contributed by atoms with Crippen molar-refractivity contribution in [2.24, 2.45) is 5.73 Å². The van der Waals surface area contributed by atoms with Crippen LogP contribution in [0.3, 0.4) is 0 Å². The largest absolute Gasteiger partial charge is 0.508 e. The molecule has 4 atom stereocenters. The summed E-state index contributed by atoms with van der Waals surface area (Å²) >= 11 is 0. The fourth-order valence-electron chi connectivity index (χ4n) is 2.02. The number of nitrogens with two attached hydrogens (primary N) is 1. The molecule has 1 rings (SSSR count). The average molecular weight is 353 g/mol. The van der Waals surface area contributed by atoms with Crippen LogP contribution < -0.4 is 16.4 Å². The Morgan fingerprint density at radius 1 is 1.08 bits per heavy atom. The molecule has 1 aromatic carbocycles. The molecule has 9 nitrogen and oxygen atoms in total. The molecule has 0 saturated carbocycles. The summed E-state index contributed by atoms with van der Waals surface area (Å²) in [6.45, 7) is 2.71. The summed E-state index contributed by atoms with van der Waals surface area (Å²) in [5, 5.41) is 32.8. The van der Waals surface area contributed by atoms with Gasteiger partial charge in [-0.1, -0.05) is 12.1 Å². The minimum Gasteiger partial charge on any atom is -0.508 e. The monoisotopic (exact) mass is 353 g/mol. The zero-order valence-corrected chi connectivity index (χ0v) is 14.0. The molecule has 0 unspecified atom stereocenters. The second-order valence-electron chi connectivity index (χ2n) is 5.79. The zero-order chi connectivity index (χ0) is 19.1. The van der Waals surface area contributed by atoms with Crippen LogP contribution in [0.2, 0.25) is 0 Å². The topological polar surface area (TPSA) is 162 Å². The molecule has 25 heavy (non-hydrogen) atoms. The standard InChI is InChI=1S/C16H23N3O6/c1-8(17)14(22)19-13(9(2)20)15(23)18-12(16(24)25)7-10-3-5-11(21)6-4-10/h3-6,8-9,12-13,20-21H,7,17H2,1-2H3,(H,18,23)(H,19,22)(H,24,25)/t8-,9+,12-,13-/m0/s1. The molecule has 0 aliphatic carbocycles. The molecule has 0 saturated heterocycles. The lowest BCUT2D eigenvalue weighted by Gasteiger charge is -2.24. The maximum Gasteiger partial charge on any atom is 0.326 e. The Morgan fingerprint density at radius 3 is 2.08 bits per heavy atom. The number of phenolic OH excluding ortho intramolecular Hbond substituents is 1. The average Bonchev–Trinajstić information content (AvgIpc) is 2.52. The number of nitrogens with one attached hydrogen (secondary N) is 2. The first kappa shape index (κ1) is 20.4. The third kappa shape index (κ3) is 6.40. The Morgan fingerprint density at radius 2 is 1.64 bits per heavy atom. The molecule has 0 spiro atoms. The van der Waals surface area contributed by atoms with E-state index in [9.17, 15) is 29.7 Å². The highest BCUT2D eigenvalue weighted by atomic mass is 16.4. The maximum absolute atomic E-state index is 12.3. The number of hydrogen-bond acceptors (Lipinski definition) is 6. The molecular weight excluding hydrogens is 330 g/mol. The van der Waals surface area contributed by atoms with Gasteiger partial charge in [0.05, 0.1) is 12.1 Å². The van der Waals surface area contributed by atoms with E-state index in [1.54, 1.807) is 0 Å². The van der Waals surface area contributed by atoms with E-state index < -0.39 is 42.0 Å². The Balaban J connectivity index is 2.83. The van der Waals surface area contributed by atoms with Crippen LogP contribution in [0.25, 0.3) is 0 Å². The molecule has 0 fully saturated rings. The van der Waals surface area contributed by atoms with E-state index in [2.05, 4.69) is 10.6 Å². The highest BCUT2D eigenvalue weighted by molar-refractivity contribution is 5.92. The summed E-state index contributed by atoms with van der Waals surface area (Å²) in [7, 11) is 0. The van der Waals surface area contributed by atoms with E-state index in [0.717, 1.165) is 0 Å². The van der Waals surface area contributed by atoms with Crippen LogP contribution >= 0.6 is 0 Å². The van der Waals surface area contributed by atoms with Gasteiger partial charge < -0.3 is 31.7 Å². The molecule has 0 bridgehead atoms. The lowest BCUT2D eigenvalue weighted by molar-refractivity contribution is -0.142. The van der Waals surface area contributed by atoms with Crippen molar-refractivity contribution in [1.29, 1.82) is 0 Å². The Labute approximate surface area is 144 Å². The third-order valence-corrected chi connectivity index (χ3v) is 3.47. The molecule has 0 aliphatic heterocycles. The van der Waals surface area contributed by atoms with Crippen molar-refractivity contribution in [3.63, 3.8) is 0 Å². The van der Waals surface area contributed by atoms with Crippen LogP contribution in [0.5, 0.6) is 5.75 Å². The normalized spacial score (nSPS) is 15.5. The van der Waals surface area contributed by atoms with E-state index in [0.29, 0.717) is 5.56 Å². The van der Waals surface area contributed by atoms with Crippen molar-refractivity contribution < 1.29 is 29.7 Å². The smallest absolute Gasteiger partial charge is 0.326 e. The van der Waals surface area contributed by atoms with E-state index in [1.807, 2.05) is 0 Å². The summed E-state index contributed by atoms with van der Waals surface area (Å²) in [6, 6.07) is 2.37. The van der Waals surface area contributed by atoms with Crippen molar-refractivity contribution in [2.75, 3.05) is 0 Å². The summed E-state index contributed by atoms with van der Waals surface area (Å²) < 4.78 is 0. The fraction of sp³-hybridized carbons (Fsp3) is 0.438. The van der Waals surface area contributed by atoms with E-state index in [1.165, 1.54) is 38.1 Å². The number of benzene rings is 1. The molecule has 0 aromatic heterocycles. The Hall–Kier alpha value is -2.65. The first-order valence-corrected chi connectivity index (χ1v) is 7.67. The van der Waals surface area contributed by atoms with Gasteiger partial charge in [-0.15, -0.1) is 0 Å². The van der Waals surface area contributed by atoms with Crippen LogP contribution in [0.15, 0.2) is 24.3 Å². The number of phenols is 1. The van der Waals surface area contributed by atoms with E-state index in [-0.39, 0.29) is 12.2 Å². The molecule has 0 radical (unpaired) electrons. The van der Waals surface area contributed by atoms with Gasteiger partial charge in [0.25, 0.3) is 0 Å². The number of carbonyl (C=O) groups is 3. The molecule has 7 N–H and O–H groups in total. The first-order valence-electron chi connectivity index (χ1n) is 7.67. The minimum absolute atomic E-state index is 0.0326. The van der Waals surface area contributed by atoms with E-state index in [4.69, 9.17) is 5.73 Å². The quantitative estimate of drug-likeness (QED) is 0.339. The minimum atomic E-state index is -1.33. The molecular formula is C16H23N3O6. The predicted molar refractivity (Wildman–Crippen MR) is 88.6 cm³/mol. The van der Waals surface area contributed by atoms with Gasteiger partial charge in [-0.05, 0) is 31.5 Å². The number of carbonyl (C=O) groups excluding carboxylic acids is 2. The Kier molecular flexibility index (Phi) is 7.34. The second-order valence-corrected chi connectivity index (χ2v) is 5.79. The SMILES string of the molecule is C[C@H](N)C(=O)N[C@H](C(=O)N[C@@H](Cc1ccc(O)cc1)C(=O)O)[C@@H](C)O. The van der Waals surface area contributed by atoms with Crippen molar-refractivity contribution in [3.05, 3.63) is 29.8 Å². The number of amides is 2. The van der Waals surface area contributed by atoms with Gasteiger partial charge in [-0.2, -0.15) is 0 Å². The van der Waals surface area contributed by atoms with Crippen molar-refractivity contribution in [2.45, 2.75) is 44.5 Å². The molecule has 0 heterocycles. The number of carboxylic acids is 1. The highest BCUT2D eigenvalue weighted by Gasteiger charge is 2.30. The number of aliphatic hydroxyl groups is 1. The predicted octanol–water partition coefficient (Wildman–Crippen LogP) is -1.28. The fourth-order valence-corrected chi connectivity index (χ4v) is 2.02. The second kappa shape index (κ2) is 9.00. The summed E-state index contributed by atoms with van der Waals surface area (Å²) in [4.78, 5) is 35.3. The van der Waals surface area contributed by atoms with Gasteiger partial charge in [0, 0.05) is 6.42 Å². The summed E-state index contributed by atoms with van der Waals surface area (Å²) in [5.41, 5.74) is 5.99. The molecule has 0 aliphatic rings.